The van der Waals surface area contributed by atoms with Gasteiger partial charge < -0.3 is 15.2 Å². The number of nitrogens with one attached hydrogen (secondary N) is 1. The molecule has 2 aliphatic rings. The maximum atomic E-state index is 14.1. The number of nitro groups is 1. The monoisotopic (exact) mass is 495 g/mol. The fourth-order valence-corrected chi connectivity index (χ4v) is 5.28. The van der Waals surface area contributed by atoms with Crippen LogP contribution in [-0.2, 0) is 11.3 Å². The van der Waals surface area contributed by atoms with Gasteiger partial charge in [0.2, 0.25) is 11.3 Å². The van der Waals surface area contributed by atoms with Crippen LogP contribution in [0.4, 0.5) is 5.69 Å². The molecule has 6 rings (SSSR count). The van der Waals surface area contributed by atoms with Crippen molar-refractivity contribution in [3.8, 4) is 5.75 Å². The molecule has 9 heteroatoms. The molecule has 1 aliphatic carbocycles. The number of ketones is 1. The lowest BCUT2D eigenvalue weighted by atomic mass is 9.82. The number of Topliss-reactive ketones (excluding diaryl/α,β-unsaturated/α-hetero) is 1. The standard InChI is InChI=1S/C28H21N3O6/c1-15(2)17-10-12-18-23(14-17)37-28(34)19-7-5-9-22(31(35)36)24(19)25(32)27(18,28)30-26(33)21-13-11-16-6-3-4-8-20(16)29-21/h3-15,34H,1-2H3,(H,30,33). The number of hydrogen-bond acceptors (Lipinski definition) is 7. The molecule has 0 bridgehead atoms. The van der Waals surface area contributed by atoms with Crippen LogP contribution in [0.25, 0.3) is 10.9 Å². The summed E-state index contributed by atoms with van der Waals surface area (Å²) >= 11 is 0. The van der Waals surface area contributed by atoms with Gasteiger partial charge in [0.05, 0.1) is 10.4 Å². The number of rotatable bonds is 4. The summed E-state index contributed by atoms with van der Waals surface area (Å²) in [7, 11) is 0. The molecule has 1 aromatic heterocycles. The first-order valence-corrected chi connectivity index (χ1v) is 11.7. The van der Waals surface area contributed by atoms with E-state index >= 15 is 0 Å². The van der Waals surface area contributed by atoms with E-state index in [1.54, 1.807) is 36.4 Å². The molecular formula is C28H21N3O6. The van der Waals surface area contributed by atoms with E-state index in [0.29, 0.717) is 5.52 Å². The molecule has 2 heterocycles. The molecule has 2 atom stereocenters. The number of hydrogen-bond donors (Lipinski definition) is 2. The van der Waals surface area contributed by atoms with Crippen molar-refractivity contribution < 1.29 is 24.4 Å². The molecule has 0 saturated carbocycles. The third-order valence-electron chi connectivity index (χ3n) is 7.15. The lowest BCUT2D eigenvalue weighted by Gasteiger charge is -2.34. The second-order valence-electron chi connectivity index (χ2n) is 9.54. The average Bonchev–Trinajstić information content (AvgIpc) is 3.25. The first-order valence-electron chi connectivity index (χ1n) is 11.7. The summed E-state index contributed by atoms with van der Waals surface area (Å²) in [4.78, 5) is 43.2. The molecule has 9 nitrogen and oxygen atoms in total. The summed E-state index contributed by atoms with van der Waals surface area (Å²) in [6.45, 7) is 3.97. The summed E-state index contributed by atoms with van der Waals surface area (Å²) in [6, 6.07) is 19.6. The van der Waals surface area contributed by atoms with E-state index in [1.807, 2.05) is 26.0 Å². The highest BCUT2D eigenvalue weighted by Crippen LogP contribution is 2.59. The van der Waals surface area contributed by atoms with E-state index in [9.17, 15) is 24.8 Å². The van der Waals surface area contributed by atoms with E-state index in [4.69, 9.17) is 4.74 Å². The number of aromatic nitrogens is 1. The number of ether oxygens (including phenoxy) is 1. The van der Waals surface area contributed by atoms with Crippen molar-refractivity contribution in [2.24, 2.45) is 0 Å². The first-order chi connectivity index (χ1) is 17.7. The Morgan fingerprint density at radius 2 is 1.84 bits per heavy atom. The van der Waals surface area contributed by atoms with Crippen LogP contribution in [-0.4, -0.2) is 26.7 Å². The number of para-hydroxylation sites is 1. The highest BCUT2D eigenvalue weighted by Gasteiger charge is 2.73. The highest BCUT2D eigenvalue weighted by atomic mass is 16.6. The predicted octanol–water partition coefficient (Wildman–Crippen LogP) is 4.33. The van der Waals surface area contributed by atoms with Gasteiger partial charge in [-0.25, -0.2) is 4.98 Å². The van der Waals surface area contributed by atoms with Gasteiger partial charge in [0.1, 0.15) is 17.0 Å². The van der Waals surface area contributed by atoms with Crippen LogP contribution in [0, 0.1) is 10.1 Å². The maximum Gasteiger partial charge on any atom is 0.280 e. The summed E-state index contributed by atoms with van der Waals surface area (Å²) in [6.07, 6.45) is 0. The third kappa shape index (κ3) is 2.98. The zero-order valence-corrected chi connectivity index (χ0v) is 19.9. The Morgan fingerprint density at radius 3 is 2.59 bits per heavy atom. The number of nitro benzene ring substituents is 1. The molecule has 0 radical (unpaired) electrons. The number of carbonyl (C=O) groups is 2. The van der Waals surface area contributed by atoms with Gasteiger partial charge in [0.25, 0.3) is 17.4 Å². The predicted molar refractivity (Wildman–Crippen MR) is 133 cm³/mol. The molecule has 0 saturated heterocycles. The second-order valence-corrected chi connectivity index (χ2v) is 9.54. The number of pyridine rings is 1. The van der Waals surface area contributed by atoms with Crippen molar-refractivity contribution in [2.75, 3.05) is 0 Å². The number of fused-ring (bicyclic) bond motifs is 6. The fraction of sp³-hybridized carbons (Fsp3) is 0.179. The van der Waals surface area contributed by atoms with Gasteiger partial charge in [0, 0.05) is 22.6 Å². The largest absolute Gasteiger partial charge is 0.454 e. The summed E-state index contributed by atoms with van der Waals surface area (Å²) < 4.78 is 6.03. The SMILES string of the molecule is CC(C)c1ccc2c(c1)OC1(O)c3cccc([N+](=O)[O-])c3C(=O)C21NC(=O)c1ccc2ccccc2n1. The van der Waals surface area contributed by atoms with Crippen molar-refractivity contribution in [1.29, 1.82) is 0 Å². The Labute approximate surface area is 210 Å². The van der Waals surface area contributed by atoms with Crippen LogP contribution >= 0.6 is 0 Å². The topological polar surface area (TPSA) is 132 Å². The molecule has 37 heavy (non-hydrogen) atoms. The summed E-state index contributed by atoms with van der Waals surface area (Å²) in [5, 5.41) is 27.3. The second kappa shape index (κ2) is 7.68. The van der Waals surface area contributed by atoms with Crippen molar-refractivity contribution in [3.63, 3.8) is 0 Å². The Balaban J connectivity index is 1.56. The van der Waals surface area contributed by atoms with E-state index in [1.165, 1.54) is 24.3 Å². The smallest absolute Gasteiger partial charge is 0.280 e. The molecule has 1 amide bonds. The van der Waals surface area contributed by atoms with Gasteiger partial charge in [-0.3, -0.25) is 19.7 Å². The summed E-state index contributed by atoms with van der Waals surface area (Å²) in [5.74, 6) is -3.64. The van der Waals surface area contributed by atoms with Crippen LogP contribution in [0.3, 0.4) is 0 Å². The zero-order valence-electron chi connectivity index (χ0n) is 19.9. The van der Waals surface area contributed by atoms with Crippen molar-refractivity contribution in [2.45, 2.75) is 31.1 Å². The van der Waals surface area contributed by atoms with Crippen molar-refractivity contribution in [3.05, 3.63) is 111 Å². The number of carbonyl (C=O) groups excluding carboxylic acids is 2. The molecule has 4 aromatic rings. The minimum Gasteiger partial charge on any atom is -0.454 e. The zero-order chi connectivity index (χ0) is 26.1. The molecule has 0 fully saturated rings. The number of nitrogens with zero attached hydrogens (tertiary/aromatic N) is 2. The summed E-state index contributed by atoms with van der Waals surface area (Å²) in [5.41, 5.74) is -1.33. The van der Waals surface area contributed by atoms with Gasteiger partial charge in [-0.05, 0) is 29.7 Å². The molecule has 1 aliphatic heterocycles. The van der Waals surface area contributed by atoms with Gasteiger partial charge in [-0.2, -0.15) is 0 Å². The molecule has 184 valence electrons. The highest BCUT2D eigenvalue weighted by molar-refractivity contribution is 6.15. The quantitative estimate of drug-likeness (QED) is 0.318. The Bertz CT molecular complexity index is 1670. The third-order valence-corrected chi connectivity index (χ3v) is 7.15. The van der Waals surface area contributed by atoms with Crippen LogP contribution in [0.15, 0.2) is 72.8 Å². The number of benzene rings is 3. The molecule has 2 N–H and O–H groups in total. The number of amides is 1. The lowest BCUT2D eigenvalue weighted by molar-refractivity contribution is -0.385. The van der Waals surface area contributed by atoms with Crippen LogP contribution in [0.5, 0.6) is 5.75 Å². The van der Waals surface area contributed by atoms with Crippen LogP contribution in [0.1, 0.15) is 57.3 Å². The molecule has 3 aromatic carbocycles. The first kappa shape index (κ1) is 22.8. The van der Waals surface area contributed by atoms with Gasteiger partial charge in [-0.1, -0.05) is 62.4 Å². The van der Waals surface area contributed by atoms with Gasteiger partial charge in [-0.15, -0.1) is 0 Å². The maximum absolute atomic E-state index is 14.1. The van der Waals surface area contributed by atoms with E-state index in [-0.39, 0.29) is 34.1 Å². The van der Waals surface area contributed by atoms with Gasteiger partial charge >= 0.3 is 0 Å². The Hall–Kier alpha value is -4.63. The molecular weight excluding hydrogens is 474 g/mol. The molecule has 2 unspecified atom stereocenters. The van der Waals surface area contributed by atoms with Crippen molar-refractivity contribution >= 4 is 28.3 Å². The Kier molecular flexibility index (Phi) is 4.74. The minimum absolute atomic E-state index is 0.0148. The molecule has 0 spiro atoms. The average molecular weight is 495 g/mol. The number of aliphatic hydroxyl groups is 1. The van der Waals surface area contributed by atoms with Crippen molar-refractivity contribution in [1.82, 2.24) is 10.3 Å². The fourth-order valence-electron chi connectivity index (χ4n) is 5.28. The minimum atomic E-state index is -2.41. The van der Waals surface area contributed by atoms with E-state index in [0.717, 1.165) is 10.9 Å². The normalized spacial score (nSPS) is 21.4. The van der Waals surface area contributed by atoms with E-state index in [2.05, 4.69) is 10.3 Å². The van der Waals surface area contributed by atoms with Gasteiger partial charge in [0.15, 0.2) is 0 Å². The van der Waals surface area contributed by atoms with E-state index < -0.39 is 33.6 Å². The van der Waals surface area contributed by atoms with Crippen LogP contribution in [0.2, 0.25) is 0 Å². The van der Waals surface area contributed by atoms with Crippen LogP contribution < -0.4 is 10.1 Å². The lowest BCUT2D eigenvalue weighted by Crippen LogP contribution is -2.60. The Morgan fingerprint density at radius 1 is 1.05 bits per heavy atom.